The first-order valence-corrected chi connectivity index (χ1v) is 5.76. The molecular weight excluding hydrogens is 262 g/mol. The number of nitrogens with one attached hydrogen (secondary N) is 2. The molecule has 0 atom stereocenters. The number of nitrogens with zero attached hydrogens (tertiary/aromatic N) is 1. The fraction of sp³-hybridized carbons (Fsp3) is 0.154. The number of amides is 1. The highest BCUT2D eigenvalue weighted by Crippen LogP contribution is 2.35. The van der Waals surface area contributed by atoms with Crippen LogP contribution in [0.1, 0.15) is 17.4 Å². The van der Waals surface area contributed by atoms with E-state index in [0.717, 1.165) is 0 Å². The molecule has 20 heavy (non-hydrogen) atoms. The molecule has 1 aromatic carbocycles. The van der Waals surface area contributed by atoms with Crippen LogP contribution in [-0.2, 0) is 4.79 Å². The molecule has 0 fully saturated rings. The van der Waals surface area contributed by atoms with E-state index in [0.29, 0.717) is 22.7 Å². The van der Waals surface area contributed by atoms with Crippen LogP contribution in [0.5, 0.6) is 5.75 Å². The van der Waals surface area contributed by atoms with Crippen molar-refractivity contribution < 1.29 is 19.4 Å². The number of hydrogen-bond donors (Lipinski definition) is 3. The zero-order chi connectivity index (χ0) is 14.7. The first-order valence-electron chi connectivity index (χ1n) is 5.76. The molecular formula is C13H13N3O4. The van der Waals surface area contributed by atoms with E-state index in [-0.39, 0.29) is 11.6 Å². The number of aromatic amines is 1. The topological polar surface area (TPSA) is 104 Å². The Balaban J connectivity index is 2.54. The quantitative estimate of drug-likeness (QED) is 0.788. The molecule has 1 heterocycles. The van der Waals surface area contributed by atoms with E-state index in [1.165, 1.54) is 20.1 Å². The molecule has 0 saturated heterocycles. The van der Waals surface area contributed by atoms with Gasteiger partial charge in [-0.3, -0.25) is 9.89 Å². The standard InChI is InChI=1S/C13H13N3O4/c1-7(17)14-12-8(4-3-5-11(12)20-2)9-6-10(13(18)19)16-15-9/h3-6H,1-2H3,(H,14,17)(H,15,16)(H,18,19). The molecule has 0 aliphatic carbocycles. The molecule has 0 saturated carbocycles. The number of methoxy groups -OCH3 is 1. The highest BCUT2D eigenvalue weighted by Gasteiger charge is 2.16. The lowest BCUT2D eigenvalue weighted by atomic mass is 10.1. The second-order valence-corrected chi connectivity index (χ2v) is 4.04. The van der Waals surface area contributed by atoms with Gasteiger partial charge in [0.2, 0.25) is 5.91 Å². The molecule has 1 amide bonds. The van der Waals surface area contributed by atoms with Crippen molar-refractivity contribution in [2.75, 3.05) is 12.4 Å². The van der Waals surface area contributed by atoms with Crippen LogP contribution in [0.25, 0.3) is 11.3 Å². The Morgan fingerprint density at radius 2 is 2.15 bits per heavy atom. The molecule has 7 heteroatoms. The first kappa shape index (κ1) is 13.6. The molecule has 0 aliphatic heterocycles. The predicted molar refractivity (Wildman–Crippen MR) is 71.8 cm³/mol. The molecule has 3 N–H and O–H groups in total. The van der Waals surface area contributed by atoms with Crippen LogP contribution in [0.3, 0.4) is 0 Å². The number of hydrogen-bond acceptors (Lipinski definition) is 4. The SMILES string of the molecule is COc1cccc(-c2cc(C(=O)O)[nH]n2)c1NC(C)=O. The Kier molecular flexibility index (Phi) is 3.69. The number of carbonyl (C=O) groups excluding carboxylic acids is 1. The van der Waals surface area contributed by atoms with Gasteiger partial charge in [0, 0.05) is 12.5 Å². The van der Waals surface area contributed by atoms with E-state index in [1.807, 2.05) is 0 Å². The summed E-state index contributed by atoms with van der Waals surface area (Å²) >= 11 is 0. The van der Waals surface area contributed by atoms with Crippen LogP contribution in [0.15, 0.2) is 24.3 Å². The normalized spacial score (nSPS) is 10.1. The summed E-state index contributed by atoms with van der Waals surface area (Å²) in [5.41, 5.74) is 1.40. The third kappa shape index (κ3) is 2.61. The third-order valence-electron chi connectivity index (χ3n) is 2.63. The van der Waals surface area contributed by atoms with E-state index in [1.54, 1.807) is 18.2 Å². The maximum absolute atomic E-state index is 11.3. The molecule has 0 unspecified atom stereocenters. The van der Waals surface area contributed by atoms with Gasteiger partial charge in [-0.1, -0.05) is 12.1 Å². The van der Waals surface area contributed by atoms with E-state index in [2.05, 4.69) is 15.5 Å². The second kappa shape index (κ2) is 5.43. The van der Waals surface area contributed by atoms with Crippen molar-refractivity contribution in [3.8, 4) is 17.0 Å². The van der Waals surface area contributed by atoms with Gasteiger partial charge in [-0.2, -0.15) is 5.10 Å². The van der Waals surface area contributed by atoms with E-state index < -0.39 is 5.97 Å². The number of carboxylic acid groups (broad SMARTS) is 1. The summed E-state index contributed by atoms with van der Waals surface area (Å²) in [7, 11) is 1.48. The third-order valence-corrected chi connectivity index (χ3v) is 2.63. The lowest BCUT2D eigenvalue weighted by Gasteiger charge is -2.12. The number of para-hydroxylation sites is 1. The molecule has 104 valence electrons. The van der Waals surface area contributed by atoms with Crippen LogP contribution >= 0.6 is 0 Å². The maximum Gasteiger partial charge on any atom is 0.353 e. The number of carbonyl (C=O) groups is 2. The lowest BCUT2D eigenvalue weighted by molar-refractivity contribution is -0.114. The summed E-state index contributed by atoms with van der Waals surface area (Å²) in [6, 6.07) is 6.53. The van der Waals surface area contributed by atoms with E-state index >= 15 is 0 Å². The molecule has 0 bridgehead atoms. The van der Waals surface area contributed by atoms with Crippen molar-refractivity contribution in [2.24, 2.45) is 0 Å². The monoisotopic (exact) mass is 275 g/mol. The second-order valence-electron chi connectivity index (χ2n) is 4.04. The number of aromatic carboxylic acids is 1. The van der Waals surface area contributed by atoms with Gasteiger partial charge < -0.3 is 15.2 Å². The van der Waals surface area contributed by atoms with E-state index in [4.69, 9.17) is 9.84 Å². The Morgan fingerprint density at radius 1 is 1.40 bits per heavy atom. The van der Waals surface area contributed by atoms with Gasteiger partial charge in [-0.15, -0.1) is 0 Å². The van der Waals surface area contributed by atoms with Gasteiger partial charge in [0.05, 0.1) is 18.5 Å². The van der Waals surface area contributed by atoms with E-state index in [9.17, 15) is 9.59 Å². The van der Waals surface area contributed by atoms with Crippen molar-refractivity contribution in [3.63, 3.8) is 0 Å². The average Bonchev–Trinajstić information content (AvgIpc) is 2.88. The van der Waals surface area contributed by atoms with Gasteiger partial charge in [0.15, 0.2) is 0 Å². The van der Waals surface area contributed by atoms with Crippen molar-refractivity contribution >= 4 is 17.6 Å². The van der Waals surface area contributed by atoms with Crippen LogP contribution in [0.2, 0.25) is 0 Å². The average molecular weight is 275 g/mol. The lowest BCUT2D eigenvalue weighted by Crippen LogP contribution is -2.08. The number of carboxylic acids is 1. The zero-order valence-corrected chi connectivity index (χ0v) is 10.9. The first-order chi connectivity index (χ1) is 9.52. The molecule has 7 nitrogen and oxygen atoms in total. The van der Waals surface area contributed by atoms with Crippen molar-refractivity contribution in [3.05, 3.63) is 30.0 Å². The molecule has 2 aromatic rings. The number of H-pyrrole nitrogens is 1. The number of anilines is 1. The smallest absolute Gasteiger partial charge is 0.353 e. The highest BCUT2D eigenvalue weighted by atomic mass is 16.5. The minimum Gasteiger partial charge on any atom is -0.495 e. The molecule has 1 aromatic heterocycles. The summed E-state index contributed by atoms with van der Waals surface area (Å²) in [6.45, 7) is 1.38. The van der Waals surface area contributed by atoms with Crippen LogP contribution < -0.4 is 10.1 Å². The number of benzene rings is 1. The predicted octanol–water partition coefficient (Wildman–Crippen LogP) is 1.74. The van der Waals surface area contributed by atoms with Gasteiger partial charge in [-0.25, -0.2) is 4.79 Å². The van der Waals surface area contributed by atoms with Crippen LogP contribution in [-0.4, -0.2) is 34.3 Å². The Labute approximate surface area is 114 Å². The van der Waals surface area contributed by atoms with Crippen molar-refractivity contribution in [1.82, 2.24) is 10.2 Å². The van der Waals surface area contributed by atoms with Crippen LogP contribution in [0.4, 0.5) is 5.69 Å². The number of aromatic nitrogens is 2. The molecule has 0 spiro atoms. The largest absolute Gasteiger partial charge is 0.495 e. The minimum absolute atomic E-state index is 0.0309. The summed E-state index contributed by atoms with van der Waals surface area (Å²) in [5.74, 6) is -0.893. The van der Waals surface area contributed by atoms with Gasteiger partial charge in [-0.05, 0) is 12.1 Å². The van der Waals surface area contributed by atoms with Crippen molar-refractivity contribution in [1.29, 1.82) is 0 Å². The summed E-state index contributed by atoms with van der Waals surface area (Å²) < 4.78 is 5.19. The van der Waals surface area contributed by atoms with Gasteiger partial charge in [0.25, 0.3) is 0 Å². The Bertz CT molecular complexity index is 663. The fourth-order valence-corrected chi connectivity index (χ4v) is 1.79. The van der Waals surface area contributed by atoms with Gasteiger partial charge >= 0.3 is 5.97 Å². The summed E-state index contributed by atoms with van der Waals surface area (Å²) in [6.07, 6.45) is 0. The van der Waals surface area contributed by atoms with Crippen molar-refractivity contribution in [2.45, 2.75) is 6.92 Å². The Morgan fingerprint density at radius 3 is 2.70 bits per heavy atom. The number of ether oxygens (including phenoxy) is 1. The molecule has 2 rings (SSSR count). The minimum atomic E-state index is -1.10. The summed E-state index contributed by atoms with van der Waals surface area (Å²) in [5, 5.41) is 17.9. The van der Waals surface area contributed by atoms with Gasteiger partial charge in [0.1, 0.15) is 11.4 Å². The maximum atomic E-state index is 11.3. The highest BCUT2D eigenvalue weighted by molar-refractivity contribution is 5.96. The Hall–Kier alpha value is -2.83. The molecule has 0 aliphatic rings. The van der Waals surface area contributed by atoms with Crippen LogP contribution in [0, 0.1) is 0 Å². The number of rotatable bonds is 4. The fourth-order valence-electron chi connectivity index (χ4n) is 1.79. The summed E-state index contributed by atoms with van der Waals surface area (Å²) in [4.78, 5) is 22.2. The molecule has 0 radical (unpaired) electrons. The zero-order valence-electron chi connectivity index (χ0n) is 10.9.